The molecule has 0 aliphatic rings. The number of carboxylic acids is 1. The number of aromatic nitrogens is 1. The normalized spacial score (nSPS) is 12.9. The third-order valence-electron chi connectivity index (χ3n) is 2.38. The number of carbonyl (C=O) groups is 2. The fourth-order valence-corrected chi connectivity index (χ4v) is 1.41. The minimum atomic E-state index is -1.13. The topological polar surface area (TPSA) is 79.3 Å². The number of hydrogen-bond acceptors (Lipinski definition) is 3. The second kappa shape index (κ2) is 5.12. The number of aliphatic carboxylic acids is 1. The van der Waals surface area contributed by atoms with Crippen molar-refractivity contribution in [2.24, 2.45) is 5.41 Å². The molecule has 98 valence electrons. The van der Waals surface area contributed by atoms with Crippen LogP contribution in [0.3, 0.4) is 0 Å². The smallest absolute Gasteiger partial charge is 0.326 e. The van der Waals surface area contributed by atoms with Crippen molar-refractivity contribution in [3.05, 3.63) is 29.8 Å². The van der Waals surface area contributed by atoms with E-state index in [0.717, 1.165) is 12.3 Å². The molecule has 0 saturated carbocycles. The van der Waals surface area contributed by atoms with E-state index >= 15 is 0 Å². The molecule has 2 N–H and O–H groups in total. The molecule has 1 amide bonds. The highest BCUT2D eigenvalue weighted by atomic mass is 19.1. The molecule has 0 bridgehead atoms. The van der Waals surface area contributed by atoms with Crippen molar-refractivity contribution in [2.75, 3.05) is 0 Å². The van der Waals surface area contributed by atoms with Crippen LogP contribution in [0.2, 0.25) is 0 Å². The second-order valence-corrected chi connectivity index (χ2v) is 4.98. The summed E-state index contributed by atoms with van der Waals surface area (Å²) < 4.78 is 12.9. The number of amides is 1. The predicted molar refractivity (Wildman–Crippen MR) is 62.5 cm³/mol. The summed E-state index contributed by atoms with van der Waals surface area (Å²) in [5.74, 6) is -2.56. The molecular weight excluding hydrogens is 239 g/mol. The zero-order chi connectivity index (χ0) is 13.9. The van der Waals surface area contributed by atoms with Gasteiger partial charge in [-0.3, -0.25) is 4.79 Å². The summed E-state index contributed by atoms with van der Waals surface area (Å²) >= 11 is 0. The maximum atomic E-state index is 12.9. The number of carbonyl (C=O) groups excluding carboxylic acids is 1. The summed E-state index contributed by atoms with van der Waals surface area (Å²) in [6, 6.07) is 1.22. The SMILES string of the molecule is CC(C)(C)[C@@H](NC(=O)c1ccnc(F)c1)C(=O)O. The molecule has 0 unspecified atom stereocenters. The largest absolute Gasteiger partial charge is 0.480 e. The Labute approximate surface area is 104 Å². The minimum Gasteiger partial charge on any atom is -0.480 e. The number of pyridine rings is 1. The summed E-state index contributed by atoms with van der Waals surface area (Å²) in [6.45, 7) is 5.08. The molecule has 0 aromatic carbocycles. The van der Waals surface area contributed by atoms with Crippen molar-refractivity contribution in [1.82, 2.24) is 10.3 Å². The molecule has 0 aliphatic heterocycles. The Balaban J connectivity index is 2.89. The number of nitrogens with one attached hydrogen (secondary N) is 1. The van der Waals surface area contributed by atoms with Gasteiger partial charge in [0.05, 0.1) is 0 Å². The van der Waals surface area contributed by atoms with Gasteiger partial charge >= 0.3 is 5.97 Å². The van der Waals surface area contributed by atoms with Crippen LogP contribution in [0.1, 0.15) is 31.1 Å². The molecule has 6 heteroatoms. The molecule has 0 radical (unpaired) electrons. The summed E-state index contributed by atoms with van der Waals surface area (Å²) in [5.41, 5.74) is -0.606. The Morgan fingerprint density at radius 1 is 1.44 bits per heavy atom. The maximum Gasteiger partial charge on any atom is 0.326 e. The first-order valence-electron chi connectivity index (χ1n) is 5.37. The lowest BCUT2D eigenvalue weighted by atomic mass is 9.86. The number of halogens is 1. The van der Waals surface area contributed by atoms with E-state index in [1.165, 1.54) is 6.07 Å². The van der Waals surface area contributed by atoms with Gasteiger partial charge in [0, 0.05) is 17.8 Å². The second-order valence-electron chi connectivity index (χ2n) is 4.98. The standard InChI is InChI=1S/C12H15FN2O3/c1-12(2,3)9(11(17)18)15-10(16)7-4-5-14-8(13)6-7/h4-6,9H,1-3H3,(H,15,16)(H,17,18)/t9-/m0/s1. The molecule has 0 fully saturated rings. The molecule has 1 aromatic rings. The van der Waals surface area contributed by atoms with E-state index in [0.29, 0.717) is 0 Å². The first-order valence-corrected chi connectivity index (χ1v) is 5.37. The zero-order valence-corrected chi connectivity index (χ0v) is 10.4. The van der Waals surface area contributed by atoms with E-state index in [1.807, 2.05) is 0 Å². The average Bonchev–Trinajstić information content (AvgIpc) is 2.23. The van der Waals surface area contributed by atoms with Gasteiger partial charge in [-0.05, 0) is 11.5 Å². The fourth-order valence-electron chi connectivity index (χ4n) is 1.41. The van der Waals surface area contributed by atoms with Gasteiger partial charge in [-0.2, -0.15) is 4.39 Å². The Morgan fingerprint density at radius 3 is 2.50 bits per heavy atom. The molecule has 5 nitrogen and oxygen atoms in total. The Bertz CT molecular complexity index is 469. The molecule has 0 aliphatic carbocycles. The van der Waals surface area contributed by atoms with Crippen LogP contribution in [0.5, 0.6) is 0 Å². The molecule has 1 heterocycles. The van der Waals surface area contributed by atoms with Gasteiger partial charge in [0.2, 0.25) is 5.95 Å². The van der Waals surface area contributed by atoms with E-state index in [4.69, 9.17) is 5.11 Å². The van der Waals surface area contributed by atoms with Gasteiger partial charge in [0.1, 0.15) is 6.04 Å². The Morgan fingerprint density at radius 2 is 2.06 bits per heavy atom. The lowest BCUT2D eigenvalue weighted by Gasteiger charge is -2.27. The van der Waals surface area contributed by atoms with Gasteiger partial charge in [0.25, 0.3) is 5.91 Å². The van der Waals surface area contributed by atoms with Gasteiger partial charge in [0.15, 0.2) is 0 Å². The summed E-state index contributed by atoms with van der Waals surface area (Å²) in [5, 5.41) is 11.4. The number of carboxylic acid groups (broad SMARTS) is 1. The quantitative estimate of drug-likeness (QED) is 0.800. The molecule has 0 spiro atoms. The summed E-state index contributed by atoms with van der Waals surface area (Å²) in [7, 11) is 0. The van der Waals surface area contributed by atoms with Crippen molar-refractivity contribution < 1.29 is 19.1 Å². The van der Waals surface area contributed by atoms with Gasteiger partial charge in [-0.25, -0.2) is 9.78 Å². The van der Waals surface area contributed by atoms with Crippen molar-refractivity contribution in [3.63, 3.8) is 0 Å². The van der Waals surface area contributed by atoms with E-state index in [-0.39, 0.29) is 5.56 Å². The van der Waals surface area contributed by atoms with E-state index in [9.17, 15) is 14.0 Å². The van der Waals surface area contributed by atoms with Crippen molar-refractivity contribution >= 4 is 11.9 Å². The number of rotatable bonds is 3. The van der Waals surface area contributed by atoms with Crippen LogP contribution >= 0.6 is 0 Å². The lowest BCUT2D eigenvalue weighted by Crippen LogP contribution is -2.49. The first kappa shape index (κ1) is 14.1. The molecular formula is C12H15FN2O3. The van der Waals surface area contributed by atoms with Crippen LogP contribution < -0.4 is 5.32 Å². The highest BCUT2D eigenvalue weighted by Crippen LogP contribution is 2.19. The fraction of sp³-hybridized carbons (Fsp3) is 0.417. The van der Waals surface area contributed by atoms with Gasteiger partial charge in [-0.1, -0.05) is 20.8 Å². The van der Waals surface area contributed by atoms with Crippen LogP contribution in [0.25, 0.3) is 0 Å². The predicted octanol–water partition coefficient (Wildman–Crippen LogP) is 1.45. The van der Waals surface area contributed by atoms with E-state index in [1.54, 1.807) is 20.8 Å². The van der Waals surface area contributed by atoms with E-state index < -0.39 is 29.3 Å². The maximum absolute atomic E-state index is 12.9. The van der Waals surface area contributed by atoms with Crippen LogP contribution in [0.15, 0.2) is 18.3 Å². The Hall–Kier alpha value is -1.98. The van der Waals surface area contributed by atoms with Crippen LogP contribution in [-0.2, 0) is 4.79 Å². The lowest BCUT2D eigenvalue weighted by molar-refractivity contribution is -0.142. The van der Waals surface area contributed by atoms with Gasteiger partial charge < -0.3 is 10.4 Å². The van der Waals surface area contributed by atoms with E-state index in [2.05, 4.69) is 10.3 Å². The Kier molecular flexibility index (Phi) is 4.00. The first-order chi connectivity index (χ1) is 8.21. The average molecular weight is 254 g/mol. The highest BCUT2D eigenvalue weighted by molar-refractivity contribution is 5.96. The van der Waals surface area contributed by atoms with Crippen molar-refractivity contribution in [2.45, 2.75) is 26.8 Å². The van der Waals surface area contributed by atoms with Crippen LogP contribution in [0.4, 0.5) is 4.39 Å². The molecule has 1 aromatic heterocycles. The van der Waals surface area contributed by atoms with Crippen molar-refractivity contribution in [1.29, 1.82) is 0 Å². The zero-order valence-electron chi connectivity index (χ0n) is 10.4. The summed E-state index contributed by atoms with van der Waals surface area (Å²) in [6.07, 6.45) is 1.15. The minimum absolute atomic E-state index is 0.0398. The number of nitrogens with zero attached hydrogens (tertiary/aromatic N) is 1. The third-order valence-corrected chi connectivity index (χ3v) is 2.38. The van der Waals surface area contributed by atoms with Gasteiger partial charge in [-0.15, -0.1) is 0 Å². The highest BCUT2D eigenvalue weighted by Gasteiger charge is 2.32. The number of hydrogen-bond donors (Lipinski definition) is 2. The summed E-state index contributed by atoms with van der Waals surface area (Å²) in [4.78, 5) is 26.2. The third kappa shape index (κ3) is 3.51. The van der Waals surface area contributed by atoms with Crippen LogP contribution in [-0.4, -0.2) is 28.0 Å². The monoisotopic (exact) mass is 254 g/mol. The molecule has 18 heavy (non-hydrogen) atoms. The molecule has 0 saturated heterocycles. The molecule has 1 atom stereocenters. The van der Waals surface area contributed by atoms with Crippen LogP contribution in [0, 0.1) is 11.4 Å². The van der Waals surface area contributed by atoms with Crippen molar-refractivity contribution in [3.8, 4) is 0 Å². The molecule has 1 rings (SSSR count).